The monoisotopic (exact) mass is 303 g/mol. The maximum atomic E-state index is 12.6. The summed E-state index contributed by atoms with van der Waals surface area (Å²) in [6.07, 6.45) is 3.17. The molecule has 1 heterocycles. The molecule has 0 unspecified atom stereocenters. The van der Waals surface area contributed by atoms with E-state index >= 15 is 0 Å². The summed E-state index contributed by atoms with van der Waals surface area (Å²) in [5, 5.41) is 10.6. The molecule has 2 rings (SSSR count). The average Bonchev–Trinajstić information content (AvgIpc) is 2.47. The highest BCUT2D eigenvalue weighted by atomic mass is 16.5. The summed E-state index contributed by atoms with van der Waals surface area (Å²) >= 11 is 0. The van der Waals surface area contributed by atoms with Crippen LogP contribution < -0.4 is 15.0 Å². The standard InChI is InChI=1S/C17H21NO4/c1-17(2,20)10-9-12-15(22-5)11-7-6-8-13(21-4)14(11)18(3)16(12)19/h6-10,20H,1-5H3/b10-9+. The minimum atomic E-state index is -1.01. The van der Waals surface area contributed by atoms with E-state index in [2.05, 4.69) is 0 Å². The Morgan fingerprint density at radius 2 is 1.91 bits per heavy atom. The molecule has 0 bridgehead atoms. The van der Waals surface area contributed by atoms with Crippen molar-refractivity contribution in [1.82, 2.24) is 4.57 Å². The number of hydrogen-bond donors (Lipinski definition) is 1. The minimum Gasteiger partial charge on any atom is -0.495 e. The van der Waals surface area contributed by atoms with Crippen LogP contribution in [0.25, 0.3) is 17.0 Å². The van der Waals surface area contributed by atoms with Crippen LogP contribution in [0.15, 0.2) is 29.1 Å². The van der Waals surface area contributed by atoms with Gasteiger partial charge in [0.25, 0.3) is 5.56 Å². The second kappa shape index (κ2) is 5.85. The van der Waals surface area contributed by atoms with Crippen LogP contribution in [0.2, 0.25) is 0 Å². The van der Waals surface area contributed by atoms with Crippen LogP contribution in [0.3, 0.4) is 0 Å². The number of para-hydroxylation sites is 1. The fraction of sp³-hybridized carbons (Fsp3) is 0.353. The van der Waals surface area contributed by atoms with Gasteiger partial charge in [-0.25, -0.2) is 0 Å². The third-order valence-electron chi connectivity index (χ3n) is 3.44. The summed E-state index contributed by atoms with van der Waals surface area (Å²) in [4.78, 5) is 12.6. The minimum absolute atomic E-state index is 0.214. The normalized spacial score (nSPS) is 12.1. The number of methoxy groups -OCH3 is 2. The highest BCUT2D eigenvalue weighted by Gasteiger charge is 2.17. The number of pyridine rings is 1. The van der Waals surface area contributed by atoms with Crippen LogP contribution in [0.1, 0.15) is 19.4 Å². The highest BCUT2D eigenvalue weighted by molar-refractivity contribution is 5.93. The zero-order valence-electron chi connectivity index (χ0n) is 13.5. The van der Waals surface area contributed by atoms with Gasteiger partial charge < -0.3 is 19.1 Å². The van der Waals surface area contributed by atoms with Crippen molar-refractivity contribution in [3.63, 3.8) is 0 Å². The van der Waals surface area contributed by atoms with E-state index in [-0.39, 0.29) is 5.56 Å². The van der Waals surface area contributed by atoms with Crippen molar-refractivity contribution in [2.24, 2.45) is 7.05 Å². The van der Waals surface area contributed by atoms with Gasteiger partial charge in [-0.1, -0.05) is 12.1 Å². The molecule has 0 aliphatic heterocycles. The molecule has 0 saturated carbocycles. The number of aliphatic hydroxyl groups is 1. The molecule has 0 aliphatic carbocycles. The summed E-state index contributed by atoms with van der Waals surface area (Å²) in [5.41, 5.74) is -0.159. The maximum Gasteiger partial charge on any atom is 0.261 e. The zero-order chi connectivity index (χ0) is 16.5. The fourth-order valence-electron chi connectivity index (χ4n) is 2.39. The fourth-order valence-corrected chi connectivity index (χ4v) is 2.39. The number of aromatic nitrogens is 1. The van der Waals surface area contributed by atoms with Crippen molar-refractivity contribution in [3.05, 3.63) is 40.2 Å². The van der Waals surface area contributed by atoms with E-state index in [1.165, 1.54) is 11.7 Å². The summed E-state index contributed by atoms with van der Waals surface area (Å²) in [5.74, 6) is 1.07. The molecule has 0 atom stereocenters. The van der Waals surface area contributed by atoms with Gasteiger partial charge in [0.2, 0.25) is 0 Å². The number of hydrogen-bond acceptors (Lipinski definition) is 4. The summed E-state index contributed by atoms with van der Waals surface area (Å²) in [7, 11) is 4.77. The van der Waals surface area contributed by atoms with Crippen LogP contribution in [-0.2, 0) is 7.05 Å². The Balaban J connectivity index is 2.88. The summed E-state index contributed by atoms with van der Waals surface area (Å²) in [6.45, 7) is 3.29. The molecule has 2 aromatic rings. The van der Waals surface area contributed by atoms with E-state index in [1.54, 1.807) is 46.2 Å². The molecule has 5 heteroatoms. The average molecular weight is 303 g/mol. The van der Waals surface area contributed by atoms with Crippen LogP contribution in [-0.4, -0.2) is 29.5 Å². The van der Waals surface area contributed by atoms with Crippen molar-refractivity contribution in [2.75, 3.05) is 14.2 Å². The zero-order valence-corrected chi connectivity index (χ0v) is 13.5. The first-order valence-electron chi connectivity index (χ1n) is 6.95. The van der Waals surface area contributed by atoms with Gasteiger partial charge in [-0.2, -0.15) is 0 Å². The Morgan fingerprint density at radius 3 is 2.45 bits per heavy atom. The van der Waals surface area contributed by atoms with Crippen molar-refractivity contribution in [1.29, 1.82) is 0 Å². The van der Waals surface area contributed by atoms with Crippen molar-refractivity contribution in [2.45, 2.75) is 19.4 Å². The Bertz CT molecular complexity index is 782. The first kappa shape index (κ1) is 16.1. The van der Waals surface area contributed by atoms with E-state index in [0.29, 0.717) is 22.6 Å². The van der Waals surface area contributed by atoms with Gasteiger partial charge >= 0.3 is 0 Å². The van der Waals surface area contributed by atoms with Gasteiger partial charge in [0.05, 0.1) is 30.9 Å². The molecule has 0 saturated heterocycles. The Kier molecular flexibility index (Phi) is 4.28. The number of fused-ring (bicyclic) bond motifs is 1. The second-order valence-electron chi connectivity index (χ2n) is 5.65. The number of ether oxygens (including phenoxy) is 2. The Morgan fingerprint density at radius 1 is 1.23 bits per heavy atom. The van der Waals surface area contributed by atoms with Crippen LogP contribution >= 0.6 is 0 Å². The lowest BCUT2D eigenvalue weighted by atomic mass is 10.1. The SMILES string of the molecule is COc1c(/C=C/C(C)(C)O)c(=O)n(C)c2c(OC)cccc12. The molecular formula is C17H21NO4. The van der Waals surface area contributed by atoms with Crippen molar-refractivity contribution in [3.8, 4) is 11.5 Å². The van der Waals surface area contributed by atoms with E-state index in [1.807, 2.05) is 12.1 Å². The lowest BCUT2D eigenvalue weighted by Gasteiger charge is -2.16. The molecule has 1 aromatic carbocycles. The van der Waals surface area contributed by atoms with Crippen LogP contribution in [0.4, 0.5) is 0 Å². The lowest BCUT2D eigenvalue weighted by molar-refractivity contribution is 0.134. The van der Waals surface area contributed by atoms with E-state index in [0.717, 1.165) is 5.39 Å². The van der Waals surface area contributed by atoms with E-state index in [9.17, 15) is 9.90 Å². The topological polar surface area (TPSA) is 60.7 Å². The molecule has 118 valence electrons. The first-order valence-corrected chi connectivity index (χ1v) is 6.95. The van der Waals surface area contributed by atoms with Crippen LogP contribution in [0, 0.1) is 0 Å². The molecule has 5 nitrogen and oxygen atoms in total. The van der Waals surface area contributed by atoms with E-state index < -0.39 is 5.60 Å². The molecule has 0 spiro atoms. The molecule has 0 fully saturated rings. The molecule has 0 radical (unpaired) electrons. The third-order valence-corrected chi connectivity index (χ3v) is 3.44. The van der Waals surface area contributed by atoms with Gasteiger partial charge in [-0.15, -0.1) is 0 Å². The summed E-state index contributed by atoms with van der Waals surface area (Å²) < 4.78 is 12.3. The van der Waals surface area contributed by atoms with Gasteiger partial charge in [0, 0.05) is 12.4 Å². The number of rotatable bonds is 4. The van der Waals surface area contributed by atoms with Crippen molar-refractivity contribution < 1.29 is 14.6 Å². The van der Waals surface area contributed by atoms with Gasteiger partial charge in [-0.05, 0) is 32.1 Å². The van der Waals surface area contributed by atoms with E-state index in [4.69, 9.17) is 9.47 Å². The van der Waals surface area contributed by atoms with Gasteiger partial charge in [-0.3, -0.25) is 4.79 Å². The lowest BCUT2D eigenvalue weighted by Crippen LogP contribution is -2.22. The Hall–Kier alpha value is -2.27. The summed E-state index contributed by atoms with van der Waals surface area (Å²) in [6, 6.07) is 5.52. The van der Waals surface area contributed by atoms with Crippen molar-refractivity contribution >= 4 is 17.0 Å². The van der Waals surface area contributed by atoms with Gasteiger partial charge in [0.1, 0.15) is 11.5 Å². The number of nitrogens with zero attached hydrogens (tertiary/aromatic N) is 1. The Labute approximate surface area is 129 Å². The second-order valence-corrected chi connectivity index (χ2v) is 5.65. The molecular weight excluding hydrogens is 282 g/mol. The molecule has 0 amide bonds. The molecule has 1 aromatic heterocycles. The number of benzene rings is 1. The molecule has 1 N–H and O–H groups in total. The predicted molar refractivity (Wildman–Crippen MR) is 87.6 cm³/mol. The van der Waals surface area contributed by atoms with Crippen LogP contribution in [0.5, 0.6) is 11.5 Å². The largest absolute Gasteiger partial charge is 0.495 e. The predicted octanol–water partition coefficient (Wildman–Crippen LogP) is 2.34. The third kappa shape index (κ3) is 2.85. The maximum absolute atomic E-state index is 12.6. The number of aryl methyl sites for hydroxylation is 1. The molecule has 22 heavy (non-hydrogen) atoms. The smallest absolute Gasteiger partial charge is 0.261 e. The quantitative estimate of drug-likeness (QED) is 0.942. The molecule has 0 aliphatic rings. The first-order chi connectivity index (χ1) is 10.3. The van der Waals surface area contributed by atoms with Gasteiger partial charge in [0.15, 0.2) is 0 Å². The highest BCUT2D eigenvalue weighted by Crippen LogP contribution is 2.33.